The molecule has 114 valence electrons. The highest BCUT2D eigenvalue weighted by molar-refractivity contribution is 6.30. The summed E-state index contributed by atoms with van der Waals surface area (Å²) in [5.41, 5.74) is 0.410. The number of carbonyl (C=O) groups is 2. The van der Waals surface area contributed by atoms with Crippen molar-refractivity contribution in [2.24, 2.45) is 5.92 Å². The minimum atomic E-state index is -0.414. The van der Waals surface area contributed by atoms with Crippen LogP contribution in [0.4, 0.5) is 0 Å². The first-order valence-electron chi connectivity index (χ1n) is 7.01. The smallest absolute Gasteiger partial charge is 0.257 e. The molecular weight excluding hydrogens is 292 g/mol. The number of nitrogens with one attached hydrogen (secondary N) is 1. The standard InChI is InChI=1S/C15H19ClN2O3/c16-13-3-1-12(2-4-13)15(21)17-14(20)10-18-7-5-11(9-18)6-8-19/h1-4,11,19H,5-10H2,(H,17,20,21). The van der Waals surface area contributed by atoms with E-state index in [0.29, 0.717) is 16.5 Å². The summed E-state index contributed by atoms with van der Waals surface area (Å²) in [6, 6.07) is 6.39. The SMILES string of the molecule is O=C(CN1CCC(CCO)C1)NC(=O)c1ccc(Cl)cc1. The van der Waals surface area contributed by atoms with E-state index in [4.69, 9.17) is 16.7 Å². The monoisotopic (exact) mass is 310 g/mol. The second-order valence-electron chi connectivity index (χ2n) is 5.29. The summed E-state index contributed by atoms with van der Waals surface area (Å²) in [4.78, 5) is 25.8. The minimum absolute atomic E-state index is 0.180. The summed E-state index contributed by atoms with van der Waals surface area (Å²) in [5.74, 6) is -0.280. The van der Waals surface area contributed by atoms with Crippen molar-refractivity contribution in [3.05, 3.63) is 34.9 Å². The molecule has 1 saturated heterocycles. The molecule has 1 fully saturated rings. The minimum Gasteiger partial charge on any atom is -0.396 e. The van der Waals surface area contributed by atoms with Gasteiger partial charge in [-0.05, 0) is 49.6 Å². The van der Waals surface area contributed by atoms with Crippen LogP contribution in [0.3, 0.4) is 0 Å². The fourth-order valence-electron chi connectivity index (χ4n) is 2.52. The third kappa shape index (κ3) is 4.81. The largest absolute Gasteiger partial charge is 0.396 e. The number of carbonyl (C=O) groups excluding carboxylic acids is 2. The van der Waals surface area contributed by atoms with Crippen LogP contribution < -0.4 is 5.32 Å². The van der Waals surface area contributed by atoms with Crippen LogP contribution in [0.25, 0.3) is 0 Å². The summed E-state index contributed by atoms with van der Waals surface area (Å²) >= 11 is 5.75. The number of aliphatic hydroxyl groups excluding tert-OH is 1. The molecule has 21 heavy (non-hydrogen) atoms. The van der Waals surface area contributed by atoms with Crippen LogP contribution in [0.15, 0.2) is 24.3 Å². The zero-order chi connectivity index (χ0) is 15.2. The molecule has 1 aromatic rings. The van der Waals surface area contributed by atoms with Crippen molar-refractivity contribution in [3.8, 4) is 0 Å². The lowest BCUT2D eigenvalue weighted by atomic mass is 10.1. The first-order valence-corrected chi connectivity index (χ1v) is 7.39. The van der Waals surface area contributed by atoms with Gasteiger partial charge in [0.05, 0.1) is 6.54 Å². The van der Waals surface area contributed by atoms with Crippen molar-refractivity contribution < 1.29 is 14.7 Å². The number of hydrogen-bond donors (Lipinski definition) is 2. The van der Waals surface area contributed by atoms with Gasteiger partial charge in [0.15, 0.2) is 0 Å². The molecule has 1 aromatic carbocycles. The number of aliphatic hydroxyl groups is 1. The Morgan fingerprint density at radius 2 is 2.05 bits per heavy atom. The van der Waals surface area contributed by atoms with Crippen LogP contribution >= 0.6 is 11.6 Å². The van der Waals surface area contributed by atoms with E-state index in [2.05, 4.69) is 5.32 Å². The van der Waals surface area contributed by atoms with Gasteiger partial charge < -0.3 is 5.11 Å². The number of imide groups is 1. The Morgan fingerprint density at radius 3 is 2.71 bits per heavy atom. The third-order valence-electron chi connectivity index (χ3n) is 3.63. The van der Waals surface area contributed by atoms with Gasteiger partial charge in [0.25, 0.3) is 5.91 Å². The number of halogens is 1. The van der Waals surface area contributed by atoms with Gasteiger partial charge in [-0.2, -0.15) is 0 Å². The first kappa shape index (κ1) is 15.9. The summed E-state index contributed by atoms with van der Waals surface area (Å²) in [5, 5.41) is 11.8. The van der Waals surface area contributed by atoms with Gasteiger partial charge in [0, 0.05) is 23.7 Å². The lowest BCUT2D eigenvalue weighted by molar-refractivity contribution is -0.121. The fraction of sp³-hybridized carbons (Fsp3) is 0.467. The van der Waals surface area contributed by atoms with E-state index in [0.717, 1.165) is 25.9 Å². The van der Waals surface area contributed by atoms with E-state index in [1.165, 1.54) is 0 Å². The predicted octanol–water partition coefficient (Wildman–Crippen LogP) is 1.30. The second kappa shape index (κ2) is 7.54. The van der Waals surface area contributed by atoms with Crippen molar-refractivity contribution in [3.63, 3.8) is 0 Å². The van der Waals surface area contributed by atoms with Crippen molar-refractivity contribution in [2.45, 2.75) is 12.8 Å². The summed E-state index contributed by atoms with van der Waals surface area (Å²) < 4.78 is 0. The highest BCUT2D eigenvalue weighted by atomic mass is 35.5. The number of rotatable bonds is 5. The fourth-order valence-corrected chi connectivity index (χ4v) is 2.64. The average molecular weight is 311 g/mol. The van der Waals surface area contributed by atoms with Crippen LogP contribution in [0.2, 0.25) is 5.02 Å². The van der Waals surface area contributed by atoms with E-state index in [1.54, 1.807) is 24.3 Å². The van der Waals surface area contributed by atoms with Crippen LogP contribution in [-0.2, 0) is 4.79 Å². The number of amides is 2. The van der Waals surface area contributed by atoms with E-state index < -0.39 is 5.91 Å². The molecule has 0 aromatic heterocycles. The molecule has 2 amide bonds. The first-order chi connectivity index (χ1) is 10.1. The van der Waals surface area contributed by atoms with Gasteiger partial charge in [-0.1, -0.05) is 11.6 Å². The molecule has 5 nitrogen and oxygen atoms in total. The maximum Gasteiger partial charge on any atom is 0.257 e. The van der Waals surface area contributed by atoms with Crippen molar-refractivity contribution >= 4 is 23.4 Å². The van der Waals surface area contributed by atoms with Gasteiger partial charge >= 0.3 is 0 Å². The second-order valence-corrected chi connectivity index (χ2v) is 5.72. The topological polar surface area (TPSA) is 69.6 Å². The van der Waals surface area contributed by atoms with Gasteiger partial charge in [-0.25, -0.2) is 0 Å². The van der Waals surface area contributed by atoms with Crippen molar-refractivity contribution in [2.75, 3.05) is 26.2 Å². The molecule has 0 aliphatic carbocycles. The maximum absolute atomic E-state index is 11.9. The molecule has 2 N–H and O–H groups in total. The Labute approximate surface area is 128 Å². The zero-order valence-corrected chi connectivity index (χ0v) is 12.5. The molecule has 1 aliphatic heterocycles. The Morgan fingerprint density at radius 1 is 1.33 bits per heavy atom. The number of likely N-dealkylation sites (tertiary alicyclic amines) is 1. The summed E-state index contributed by atoms with van der Waals surface area (Å²) in [6.07, 6.45) is 1.75. The lowest BCUT2D eigenvalue weighted by Gasteiger charge is -2.15. The van der Waals surface area contributed by atoms with E-state index in [9.17, 15) is 9.59 Å². The number of benzene rings is 1. The van der Waals surface area contributed by atoms with E-state index >= 15 is 0 Å². The average Bonchev–Trinajstić information content (AvgIpc) is 2.87. The van der Waals surface area contributed by atoms with Crippen molar-refractivity contribution in [1.82, 2.24) is 10.2 Å². The molecule has 0 saturated carbocycles. The Balaban J connectivity index is 1.79. The molecular formula is C15H19ClN2O3. The zero-order valence-electron chi connectivity index (χ0n) is 11.7. The van der Waals surface area contributed by atoms with Crippen LogP contribution in [0.5, 0.6) is 0 Å². The van der Waals surface area contributed by atoms with Crippen LogP contribution in [0, 0.1) is 5.92 Å². The van der Waals surface area contributed by atoms with Gasteiger partial charge in [0.2, 0.25) is 5.91 Å². The van der Waals surface area contributed by atoms with Crippen LogP contribution in [-0.4, -0.2) is 48.1 Å². The third-order valence-corrected chi connectivity index (χ3v) is 3.89. The maximum atomic E-state index is 11.9. The Kier molecular flexibility index (Phi) is 5.73. The molecule has 2 rings (SSSR count). The molecule has 1 unspecified atom stereocenters. The highest BCUT2D eigenvalue weighted by Crippen LogP contribution is 2.18. The predicted molar refractivity (Wildman–Crippen MR) is 80.2 cm³/mol. The van der Waals surface area contributed by atoms with Gasteiger partial charge in [-0.15, -0.1) is 0 Å². The van der Waals surface area contributed by atoms with Gasteiger partial charge in [0.1, 0.15) is 0 Å². The number of hydrogen-bond acceptors (Lipinski definition) is 4. The molecule has 6 heteroatoms. The molecule has 1 heterocycles. The quantitative estimate of drug-likeness (QED) is 0.860. The molecule has 0 spiro atoms. The molecule has 1 aliphatic rings. The van der Waals surface area contributed by atoms with Gasteiger partial charge in [-0.3, -0.25) is 19.8 Å². The number of nitrogens with zero attached hydrogens (tertiary/aromatic N) is 1. The summed E-state index contributed by atoms with van der Waals surface area (Å²) in [7, 11) is 0. The lowest BCUT2D eigenvalue weighted by Crippen LogP contribution is -2.39. The van der Waals surface area contributed by atoms with Crippen LogP contribution in [0.1, 0.15) is 23.2 Å². The van der Waals surface area contributed by atoms with E-state index in [1.807, 2.05) is 4.90 Å². The molecule has 0 bridgehead atoms. The van der Waals surface area contributed by atoms with Crippen molar-refractivity contribution in [1.29, 1.82) is 0 Å². The highest BCUT2D eigenvalue weighted by Gasteiger charge is 2.24. The summed E-state index contributed by atoms with van der Waals surface area (Å²) in [6.45, 7) is 2.01. The Bertz CT molecular complexity index is 504. The molecule has 0 radical (unpaired) electrons. The normalized spacial score (nSPS) is 18.7. The Hall–Kier alpha value is -1.43. The van der Waals surface area contributed by atoms with E-state index in [-0.39, 0.29) is 19.1 Å². The molecule has 1 atom stereocenters.